The Kier molecular flexibility index (Phi) is 5.94. The first kappa shape index (κ1) is 16.1. The number of benzene rings is 1. The van der Waals surface area contributed by atoms with Crippen LogP contribution in [0.5, 0.6) is 5.75 Å². The maximum Gasteiger partial charge on any atom is 0.422 e. The minimum atomic E-state index is -4.29. The molecule has 1 fully saturated rings. The van der Waals surface area contributed by atoms with Gasteiger partial charge in [-0.2, -0.15) is 13.2 Å². The van der Waals surface area contributed by atoms with Gasteiger partial charge in [0.1, 0.15) is 5.75 Å². The van der Waals surface area contributed by atoms with Crippen molar-refractivity contribution in [2.45, 2.75) is 24.9 Å². The zero-order valence-corrected chi connectivity index (χ0v) is 11.2. The molecule has 0 aromatic heterocycles. The van der Waals surface area contributed by atoms with Crippen molar-refractivity contribution in [3.63, 3.8) is 0 Å². The lowest BCUT2D eigenvalue weighted by molar-refractivity contribution is -0.153. The predicted octanol–water partition coefficient (Wildman–Crippen LogP) is 3.52. The first-order valence-corrected chi connectivity index (χ1v) is 6.05. The Morgan fingerprint density at radius 3 is 2.53 bits per heavy atom. The molecule has 1 aromatic rings. The molecule has 2 rings (SSSR count). The molecule has 0 saturated carbocycles. The largest absolute Gasteiger partial charge is 0.484 e. The zero-order chi connectivity index (χ0) is 13.0. The molecule has 1 N–H and O–H groups in total. The Labute approximate surface area is 116 Å². The van der Waals surface area contributed by atoms with Crippen LogP contribution in [0.25, 0.3) is 0 Å². The molecular weight excluding hydrogens is 279 g/mol. The molecule has 2 nitrogen and oxygen atoms in total. The average Bonchev–Trinajstić information content (AvgIpc) is 2.37. The fourth-order valence-corrected chi connectivity index (χ4v) is 2.18. The van der Waals surface area contributed by atoms with Gasteiger partial charge in [-0.25, -0.2) is 0 Å². The van der Waals surface area contributed by atoms with E-state index in [2.05, 4.69) is 5.32 Å². The van der Waals surface area contributed by atoms with E-state index in [4.69, 9.17) is 4.74 Å². The highest BCUT2D eigenvalue weighted by atomic mass is 35.5. The number of nitrogens with one attached hydrogen (secondary N) is 1. The molecule has 0 atom stereocenters. The monoisotopic (exact) mass is 295 g/mol. The third kappa shape index (κ3) is 5.28. The number of piperidine rings is 1. The van der Waals surface area contributed by atoms with Crippen molar-refractivity contribution in [3.8, 4) is 5.75 Å². The molecule has 1 aliphatic rings. The van der Waals surface area contributed by atoms with Crippen LogP contribution in [0.1, 0.15) is 24.3 Å². The molecule has 0 unspecified atom stereocenters. The first-order chi connectivity index (χ1) is 8.54. The molecular formula is C13H17ClF3NO. The smallest absolute Gasteiger partial charge is 0.422 e. The molecule has 1 heterocycles. The molecule has 0 radical (unpaired) electrons. The summed E-state index contributed by atoms with van der Waals surface area (Å²) in [6.07, 6.45) is -2.25. The van der Waals surface area contributed by atoms with Gasteiger partial charge in [-0.05, 0) is 49.5 Å². The summed E-state index contributed by atoms with van der Waals surface area (Å²) in [5.74, 6) is 0.712. The van der Waals surface area contributed by atoms with Crippen LogP contribution in [0.15, 0.2) is 24.3 Å². The van der Waals surface area contributed by atoms with Crippen LogP contribution >= 0.6 is 12.4 Å². The number of hydrogen-bond acceptors (Lipinski definition) is 2. The summed E-state index contributed by atoms with van der Waals surface area (Å²) in [4.78, 5) is 0. The second-order valence-corrected chi connectivity index (χ2v) is 4.50. The molecule has 1 saturated heterocycles. The Hall–Kier alpha value is -0.940. The Morgan fingerprint density at radius 1 is 1.21 bits per heavy atom. The molecule has 108 valence electrons. The lowest BCUT2D eigenvalue weighted by atomic mass is 9.90. The van der Waals surface area contributed by atoms with E-state index >= 15 is 0 Å². The van der Waals surface area contributed by atoms with E-state index in [9.17, 15) is 13.2 Å². The van der Waals surface area contributed by atoms with Gasteiger partial charge in [-0.1, -0.05) is 12.1 Å². The summed E-state index contributed by atoms with van der Waals surface area (Å²) in [5, 5.41) is 3.26. The minimum Gasteiger partial charge on any atom is -0.484 e. The van der Waals surface area contributed by atoms with E-state index in [0.717, 1.165) is 31.5 Å². The maximum absolute atomic E-state index is 12.1. The van der Waals surface area contributed by atoms with Gasteiger partial charge >= 0.3 is 6.18 Å². The van der Waals surface area contributed by atoms with Gasteiger partial charge in [-0.3, -0.25) is 0 Å². The molecule has 19 heavy (non-hydrogen) atoms. The second kappa shape index (κ2) is 7.01. The van der Waals surface area contributed by atoms with Crippen molar-refractivity contribution in [1.82, 2.24) is 5.32 Å². The average molecular weight is 296 g/mol. The summed E-state index contributed by atoms with van der Waals surface area (Å²) < 4.78 is 41.0. The highest BCUT2D eigenvalue weighted by molar-refractivity contribution is 5.85. The number of halogens is 4. The van der Waals surface area contributed by atoms with Gasteiger partial charge in [0, 0.05) is 0 Å². The van der Waals surface area contributed by atoms with E-state index in [0.29, 0.717) is 11.7 Å². The lowest BCUT2D eigenvalue weighted by Crippen LogP contribution is -2.26. The van der Waals surface area contributed by atoms with Crippen molar-refractivity contribution in [2.24, 2.45) is 0 Å². The highest BCUT2D eigenvalue weighted by Gasteiger charge is 2.28. The summed E-state index contributed by atoms with van der Waals surface area (Å²) in [5.41, 5.74) is 1.07. The molecule has 0 bridgehead atoms. The third-order valence-corrected chi connectivity index (χ3v) is 3.07. The molecule has 0 amide bonds. The van der Waals surface area contributed by atoms with Gasteiger partial charge in [-0.15, -0.1) is 12.4 Å². The summed E-state index contributed by atoms with van der Waals surface area (Å²) in [7, 11) is 0. The van der Waals surface area contributed by atoms with Crippen LogP contribution in [0.3, 0.4) is 0 Å². The molecule has 0 aliphatic carbocycles. The van der Waals surface area contributed by atoms with E-state index in [1.807, 2.05) is 6.07 Å². The van der Waals surface area contributed by atoms with E-state index in [1.165, 1.54) is 0 Å². The van der Waals surface area contributed by atoms with Crippen LogP contribution in [-0.2, 0) is 0 Å². The van der Waals surface area contributed by atoms with Gasteiger partial charge in [0.25, 0.3) is 0 Å². The predicted molar refractivity (Wildman–Crippen MR) is 70.1 cm³/mol. The normalized spacial score (nSPS) is 16.8. The summed E-state index contributed by atoms with van der Waals surface area (Å²) >= 11 is 0. The van der Waals surface area contributed by atoms with Gasteiger partial charge in [0.15, 0.2) is 6.61 Å². The fourth-order valence-electron chi connectivity index (χ4n) is 2.18. The minimum absolute atomic E-state index is 0. The van der Waals surface area contributed by atoms with E-state index in [-0.39, 0.29) is 12.4 Å². The summed E-state index contributed by atoms with van der Waals surface area (Å²) in [6, 6.07) is 7.00. The van der Waals surface area contributed by atoms with Crippen molar-refractivity contribution in [3.05, 3.63) is 29.8 Å². The summed E-state index contributed by atoms with van der Waals surface area (Å²) in [6.45, 7) is 0.680. The topological polar surface area (TPSA) is 21.3 Å². The molecule has 1 aromatic carbocycles. The van der Waals surface area contributed by atoms with Crippen LogP contribution < -0.4 is 10.1 Å². The molecule has 6 heteroatoms. The molecule has 0 spiro atoms. The second-order valence-electron chi connectivity index (χ2n) is 4.50. The fraction of sp³-hybridized carbons (Fsp3) is 0.538. The van der Waals surface area contributed by atoms with Crippen molar-refractivity contribution in [1.29, 1.82) is 0 Å². The van der Waals surface area contributed by atoms with E-state index < -0.39 is 12.8 Å². The third-order valence-electron chi connectivity index (χ3n) is 3.07. The Bertz CT molecular complexity index is 392. The molecule has 1 aliphatic heterocycles. The van der Waals surface area contributed by atoms with Crippen molar-refractivity contribution in [2.75, 3.05) is 19.7 Å². The van der Waals surface area contributed by atoms with Gasteiger partial charge in [0.2, 0.25) is 0 Å². The first-order valence-electron chi connectivity index (χ1n) is 6.05. The van der Waals surface area contributed by atoms with Crippen molar-refractivity contribution >= 4 is 12.4 Å². The SMILES string of the molecule is Cl.FC(F)(F)COc1cccc(C2CCNCC2)c1. The quantitative estimate of drug-likeness (QED) is 0.921. The van der Waals surface area contributed by atoms with Crippen LogP contribution in [0, 0.1) is 0 Å². The number of hydrogen-bond donors (Lipinski definition) is 1. The highest BCUT2D eigenvalue weighted by Crippen LogP contribution is 2.28. The van der Waals surface area contributed by atoms with Gasteiger partial charge in [0.05, 0.1) is 0 Å². The maximum atomic E-state index is 12.1. The zero-order valence-electron chi connectivity index (χ0n) is 10.4. The van der Waals surface area contributed by atoms with E-state index in [1.54, 1.807) is 18.2 Å². The van der Waals surface area contributed by atoms with Gasteiger partial charge < -0.3 is 10.1 Å². The number of ether oxygens (including phenoxy) is 1. The standard InChI is InChI=1S/C13H16F3NO.ClH/c14-13(15,16)9-18-12-3-1-2-11(8-12)10-4-6-17-7-5-10;/h1-3,8,10,17H,4-7,9H2;1H. The lowest BCUT2D eigenvalue weighted by Gasteiger charge is -2.23. The number of rotatable bonds is 3. The van der Waals surface area contributed by atoms with Crippen LogP contribution in [0.4, 0.5) is 13.2 Å². The Balaban J connectivity index is 0.00000180. The van der Waals surface area contributed by atoms with Crippen LogP contribution in [0.2, 0.25) is 0 Å². The Morgan fingerprint density at radius 2 is 1.89 bits per heavy atom. The van der Waals surface area contributed by atoms with Crippen molar-refractivity contribution < 1.29 is 17.9 Å². The van der Waals surface area contributed by atoms with Crippen LogP contribution in [-0.4, -0.2) is 25.9 Å². The number of alkyl halides is 3.